The van der Waals surface area contributed by atoms with Gasteiger partial charge in [0.1, 0.15) is 0 Å². The van der Waals surface area contributed by atoms with E-state index in [2.05, 4.69) is 29.4 Å². The van der Waals surface area contributed by atoms with Gasteiger partial charge in [-0.3, -0.25) is 4.79 Å². The van der Waals surface area contributed by atoms with Crippen LogP contribution in [0.2, 0.25) is 0 Å². The van der Waals surface area contributed by atoms with Crippen LogP contribution < -0.4 is 5.32 Å². The molecule has 0 saturated heterocycles. The largest absolute Gasteiger partial charge is 0.346 e. The SMILES string of the molecule is Cc1ccc(C(=O)N[C@H](Cn2nccn2)C(C)C)s1. The highest BCUT2D eigenvalue weighted by atomic mass is 32.1. The van der Waals surface area contributed by atoms with Crippen molar-refractivity contribution in [3.05, 3.63) is 34.3 Å². The van der Waals surface area contributed by atoms with Gasteiger partial charge in [0.15, 0.2) is 0 Å². The second kappa shape index (κ2) is 5.97. The summed E-state index contributed by atoms with van der Waals surface area (Å²) in [6.45, 7) is 6.73. The van der Waals surface area contributed by atoms with Crippen LogP contribution in [0.3, 0.4) is 0 Å². The summed E-state index contributed by atoms with van der Waals surface area (Å²) in [5, 5.41) is 11.2. The lowest BCUT2D eigenvalue weighted by atomic mass is 10.0. The molecular weight excluding hydrogens is 260 g/mol. The molecule has 2 heterocycles. The highest BCUT2D eigenvalue weighted by Crippen LogP contribution is 2.15. The lowest BCUT2D eigenvalue weighted by Crippen LogP contribution is -2.41. The van der Waals surface area contributed by atoms with E-state index in [1.54, 1.807) is 17.2 Å². The van der Waals surface area contributed by atoms with Gasteiger partial charge in [0.25, 0.3) is 5.91 Å². The minimum atomic E-state index is -0.0241. The molecule has 0 aromatic carbocycles. The maximum atomic E-state index is 12.2. The summed E-state index contributed by atoms with van der Waals surface area (Å²) in [5.41, 5.74) is 0. The van der Waals surface area contributed by atoms with Crippen molar-refractivity contribution in [2.45, 2.75) is 33.4 Å². The first-order valence-corrected chi connectivity index (χ1v) is 7.09. The van der Waals surface area contributed by atoms with E-state index in [0.29, 0.717) is 12.5 Å². The highest BCUT2D eigenvalue weighted by molar-refractivity contribution is 7.13. The molecule has 0 aliphatic carbocycles. The van der Waals surface area contributed by atoms with Gasteiger partial charge in [-0.15, -0.1) is 11.3 Å². The standard InChI is InChI=1S/C13H18N4OS/c1-9(2)11(8-17-14-6-7-15-17)16-13(18)12-5-4-10(3)19-12/h4-7,9,11H,8H2,1-3H3,(H,16,18)/t11-/m1/s1. The molecule has 2 aromatic rings. The molecule has 19 heavy (non-hydrogen) atoms. The Morgan fingerprint density at radius 2 is 2.05 bits per heavy atom. The maximum absolute atomic E-state index is 12.2. The Balaban J connectivity index is 2.02. The molecule has 0 fully saturated rings. The van der Waals surface area contributed by atoms with Crippen LogP contribution in [-0.4, -0.2) is 26.9 Å². The quantitative estimate of drug-likeness (QED) is 0.911. The van der Waals surface area contributed by atoms with Gasteiger partial charge < -0.3 is 5.32 Å². The molecule has 0 aliphatic heterocycles. The van der Waals surface area contributed by atoms with Gasteiger partial charge in [0.2, 0.25) is 0 Å². The first kappa shape index (κ1) is 13.7. The lowest BCUT2D eigenvalue weighted by molar-refractivity contribution is 0.0922. The van der Waals surface area contributed by atoms with Crippen molar-refractivity contribution in [3.63, 3.8) is 0 Å². The fourth-order valence-corrected chi connectivity index (χ4v) is 2.50. The van der Waals surface area contributed by atoms with Crippen molar-refractivity contribution in [2.24, 2.45) is 5.92 Å². The Morgan fingerprint density at radius 3 is 2.58 bits per heavy atom. The summed E-state index contributed by atoms with van der Waals surface area (Å²) in [5.74, 6) is 0.292. The van der Waals surface area contributed by atoms with E-state index in [9.17, 15) is 4.79 Å². The van der Waals surface area contributed by atoms with Crippen LogP contribution in [0.25, 0.3) is 0 Å². The minimum Gasteiger partial charge on any atom is -0.346 e. The van der Waals surface area contributed by atoms with Crippen molar-refractivity contribution in [1.29, 1.82) is 0 Å². The van der Waals surface area contributed by atoms with E-state index in [4.69, 9.17) is 0 Å². The topological polar surface area (TPSA) is 59.8 Å². The van der Waals surface area contributed by atoms with Crippen molar-refractivity contribution < 1.29 is 4.79 Å². The molecular formula is C13H18N4OS. The summed E-state index contributed by atoms with van der Waals surface area (Å²) < 4.78 is 0. The number of hydrogen-bond acceptors (Lipinski definition) is 4. The van der Waals surface area contributed by atoms with Gasteiger partial charge in [0, 0.05) is 4.88 Å². The normalized spacial score (nSPS) is 12.6. The third kappa shape index (κ3) is 3.64. The van der Waals surface area contributed by atoms with Gasteiger partial charge >= 0.3 is 0 Å². The number of carbonyl (C=O) groups excluding carboxylic acids is 1. The van der Waals surface area contributed by atoms with Crippen LogP contribution in [-0.2, 0) is 6.54 Å². The maximum Gasteiger partial charge on any atom is 0.261 e. The number of nitrogens with zero attached hydrogens (tertiary/aromatic N) is 3. The molecule has 102 valence electrons. The fraction of sp³-hybridized carbons (Fsp3) is 0.462. The summed E-state index contributed by atoms with van der Waals surface area (Å²) in [4.78, 5) is 15.6. The fourth-order valence-electron chi connectivity index (χ4n) is 1.73. The third-order valence-electron chi connectivity index (χ3n) is 2.91. The molecule has 0 radical (unpaired) electrons. The van der Waals surface area contributed by atoms with E-state index in [0.717, 1.165) is 9.75 Å². The van der Waals surface area contributed by atoms with Gasteiger partial charge in [-0.25, -0.2) is 0 Å². The Labute approximate surface area is 116 Å². The predicted molar refractivity (Wildman–Crippen MR) is 75.2 cm³/mol. The number of amides is 1. The summed E-state index contributed by atoms with van der Waals surface area (Å²) >= 11 is 1.51. The van der Waals surface area contributed by atoms with Crippen molar-refractivity contribution >= 4 is 17.2 Å². The van der Waals surface area contributed by atoms with E-state index >= 15 is 0 Å². The number of thiophene rings is 1. The molecule has 6 heteroatoms. The number of rotatable bonds is 5. The number of nitrogens with one attached hydrogen (secondary N) is 1. The number of aryl methyl sites for hydroxylation is 1. The van der Waals surface area contributed by atoms with Crippen molar-refractivity contribution in [1.82, 2.24) is 20.3 Å². The Morgan fingerprint density at radius 1 is 1.37 bits per heavy atom. The Bertz CT molecular complexity index is 533. The first-order valence-electron chi connectivity index (χ1n) is 6.27. The van der Waals surface area contributed by atoms with Crippen LogP contribution in [0, 0.1) is 12.8 Å². The van der Waals surface area contributed by atoms with Crippen LogP contribution in [0.1, 0.15) is 28.4 Å². The zero-order chi connectivity index (χ0) is 13.8. The molecule has 2 aromatic heterocycles. The summed E-state index contributed by atoms with van der Waals surface area (Å²) in [6, 6.07) is 3.83. The summed E-state index contributed by atoms with van der Waals surface area (Å²) in [7, 11) is 0. The molecule has 0 spiro atoms. The average molecular weight is 278 g/mol. The van der Waals surface area contributed by atoms with Gasteiger partial charge in [-0.1, -0.05) is 13.8 Å². The highest BCUT2D eigenvalue weighted by Gasteiger charge is 2.19. The van der Waals surface area contributed by atoms with Crippen LogP contribution in [0.5, 0.6) is 0 Å². The van der Waals surface area contributed by atoms with Gasteiger partial charge in [-0.2, -0.15) is 15.0 Å². The van der Waals surface area contributed by atoms with Crippen molar-refractivity contribution in [2.75, 3.05) is 0 Å². The molecule has 0 saturated carbocycles. The van der Waals surface area contributed by atoms with Crippen LogP contribution in [0.4, 0.5) is 0 Å². The molecule has 5 nitrogen and oxygen atoms in total. The second-order valence-electron chi connectivity index (χ2n) is 4.82. The molecule has 1 amide bonds. The zero-order valence-corrected chi connectivity index (χ0v) is 12.1. The summed E-state index contributed by atoms with van der Waals surface area (Å²) in [6.07, 6.45) is 3.28. The van der Waals surface area contributed by atoms with E-state index in [-0.39, 0.29) is 11.9 Å². The number of aromatic nitrogens is 3. The Kier molecular flexibility index (Phi) is 4.31. The van der Waals surface area contributed by atoms with E-state index in [1.807, 2.05) is 19.1 Å². The zero-order valence-electron chi connectivity index (χ0n) is 11.3. The van der Waals surface area contributed by atoms with Crippen LogP contribution in [0.15, 0.2) is 24.5 Å². The molecule has 1 N–H and O–H groups in total. The molecule has 1 atom stereocenters. The van der Waals surface area contributed by atoms with Crippen molar-refractivity contribution in [3.8, 4) is 0 Å². The third-order valence-corrected chi connectivity index (χ3v) is 3.91. The van der Waals surface area contributed by atoms with E-state index < -0.39 is 0 Å². The predicted octanol–water partition coefficient (Wildman–Crippen LogP) is 2.10. The Hall–Kier alpha value is -1.69. The smallest absolute Gasteiger partial charge is 0.261 e. The monoisotopic (exact) mass is 278 g/mol. The van der Waals surface area contributed by atoms with Gasteiger partial charge in [0.05, 0.1) is 29.9 Å². The second-order valence-corrected chi connectivity index (χ2v) is 6.11. The van der Waals surface area contributed by atoms with Crippen LogP contribution >= 0.6 is 11.3 Å². The first-order chi connectivity index (χ1) is 9.06. The molecule has 0 bridgehead atoms. The lowest BCUT2D eigenvalue weighted by Gasteiger charge is -2.21. The molecule has 0 unspecified atom stereocenters. The number of hydrogen-bond donors (Lipinski definition) is 1. The molecule has 2 rings (SSSR count). The van der Waals surface area contributed by atoms with E-state index in [1.165, 1.54) is 11.3 Å². The average Bonchev–Trinajstić information content (AvgIpc) is 2.99. The number of carbonyl (C=O) groups is 1. The minimum absolute atomic E-state index is 0.0160. The van der Waals surface area contributed by atoms with Gasteiger partial charge in [-0.05, 0) is 25.0 Å². The molecule has 0 aliphatic rings.